The van der Waals surface area contributed by atoms with Gasteiger partial charge in [-0.25, -0.2) is 23.5 Å². The number of anilines is 1. The van der Waals surface area contributed by atoms with E-state index in [4.69, 9.17) is 15.2 Å². The number of hydrogen-bond acceptors (Lipinski definition) is 6. The summed E-state index contributed by atoms with van der Waals surface area (Å²) in [5, 5.41) is 0. The van der Waals surface area contributed by atoms with Gasteiger partial charge in [0.2, 0.25) is 5.95 Å². The van der Waals surface area contributed by atoms with Crippen LogP contribution in [0.4, 0.5) is 23.8 Å². The van der Waals surface area contributed by atoms with E-state index in [9.17, 15) is 18.4 Å². The molecule has 0 bridgehead atoms. The molecule has 0 spiro atoms. The summed E-state index contributed by atoms with van der Waals surface area (Å²) in [4.78, 5) is 27.4. The molecule has 2 amide bonds. The number of amides is 2. The molecular formula is C17H15F3N4O5. The fourth-order valence-electron chi connectivity index (χ4n) is 3.15. The van der Waals surface area contributed by atoms with E-state index in [1.165, 1.54) is 18.2 Å². The second-order valence-corrected chi connectivity index (χ2v) is 6.31. The Morgan fingerprint density at radius 1 is 1.38 bits per heavy atom. The third kappa shape index (κ3) is 3.30. The van der Waals surface area contributed by atoms with Gasteiger partial charge in [0.05, 0.1) is 12.1 Å². The molecule has 12 heteroatoms. The molecule has 1 atom stereocenters. The standard InChI is InChI=1S/C17H15F3N4O5/c18-13(19)10-6-29-17(26)24(10)16-14(20)23-3-4-27-11-5-8(28-7-12(21)25)1-2-9(11)15(23)22-16/h1-2,5,10,13H,3-4,6-7H2,(H2,21,25). The first kappa shape index (κ1) is 18.9. The van der Waals surface area contributed by atoms with Gasteiger partial charge in [-0.2, -0.15) is 4.39 Å². The first-order chi connectivity index (χ1) is 13.9. The number of carbonyl (C=O) groups is 2. The van der Waals surface area contributed by atoms with Crippen LogP contribution in [-0.2, 0) is 16.1 Å². The van der Waals surface area contributed by atoms with E-state index in [0.717, 1.165) is 4.57 Å². The van der Waals surface area contributed by atoms with E-state index in [1.54, 1.807) is 0 Å². The van der Waals surface area contributed by atoms with Crippen LogP contribution in [-0.4, -0.2) is 53.8 Å². The van der Waals surface area contributed by atoms with Gasteiger partial charge in [-0.15, -0.1) is 0 Å². The quantitative estimate of drug-likeness (QED) is 0.798. The Labute approximate surface area is 161 Å². The second-order valence-electron chi connectivity index (χ2n) is 6.31. The molecule has 0 aliphatic carbocycles. The van der Waals surface area contributed by atoms with E-state index in [-0.39, 0.29) is 31.3 Å². The van der Waals surface area contributed by atoms with Crippen molar-refractivity contribution in [2.75, 3.05) is 24.7 Å². The number of cyclic esters (lactones) is 1. The molecule has 1 aromatic carbocycles. The molecular weight excluding hydrogens is 397 g/mol. The van der Waals surface area contributed by atoms with E-state index in [0.29, 0.717) is 16.2 Å². The van der Waals surface area contributed by atoms with Crippen LogP contribution in [0.1, 0.15) is 0 Å². The maximum absolute atomic E-state index is 15.0. The fraction of sp³-hybridized carbons (Fsp3) is 0.353. The predicted octanol–water partition coefficient (Wildman–Crippen LogP) is 1.54. The fourth-order valence-corrected chi connectivity index (χ4v) is 3.15. The number of benzene rings is 1. The molecule has 3 heterocycles. The third-order valence-corrected chi connectivity index (χ3v) is 4.46. The highest BCUT2D eigenvalue weighted by atomic mass is 19.3. The van der Waals surface area contributed by atoms with Crippen LogP contribution >= 0.6 is 0 Å². The predicted molar refractivity (Wildman–Crippen MR) is 91.4 cm³/mol. The number of hydrogen-bond donors (Lipinski definition) is 1. The molecule has 1 aromatic heterocycles. The van der Waals surface area contributed by atoms with E-state index < -0.39 is 42.8 Å². The van der Waals surface area contributed by atoms with Crippen molar-refractivity contribution in [3.63, 3.8) is 0 Å². The van der Waals surface area contributed by atoms with Gasteiger partial charge in [0.15, 0.2) is 12.4 Å². The van der Waals surface area contributed by atoms with Crippen LogP contribution in [0.25, 0.3) is 11.4 Å². The minimum atomic E-state index is -2.93. The van der Waals surface area contributed by atoms with Gasteiger partial charge in [-0.1, -0.05) is 0 Å². The van der Waals surface area contributed by atoms with Gasteiger partial charge in [0.25, 0.3) is 12.3 Å². The Morgan fingerprint density at radius 2 is 2.17 bits per heavy atom. The maximum Gasteiger partial charge on any atom is 0.416 e. The maximum atomic E-state index is 15.0. The molecule has 2 aliphatic rings. The van der Waals surface area contributed by atoms with E-state index in [1.807, 2.05) is 0 Å². The molecule has 4 rings (SSSR count). The van der Waals surface area contributed by atoms with Crippen molar-refractivity contribution < 1.29 is 37.0 Å². The van der Waals surface area contributed by atoms with Gasteiger partial charge >= 0.3 is 6.09 Å². The lowest BCUT2D eigenvalue weighted by Gasteiger charge is -2.18. The first-order valence-electron chi connectivity index (χ1n) is 8.55. The number of nitrogens with two attached hydrogens (primary N) is 1. The van der Waals surface area contributed by atoms with Crippen molar-refractivity contribution in [2.45, 2.75) is 19.0 Å². The van der Waals surface area contributed by atoms with Crippen molar-refractivity contribution in [3.05, 3.63) is 24.1 Å². The topological polar surface area (TPSA) is 109 Å². The van der Waals surface area contributed by atoms with Crippen molar-refractivity contribution in [2.24, 2.45) is 5.73 Å². The monoisotopic (exact) mass is 412 g/mol. The minimum Gasteiger partial charge on any atom is -0.491 e. The summed E-state index contributed by atoms with van der Waals surface area (Å²) in [5.41, 5.74) is 5.40. The normalized spacial score (nSPS) is 18.0. The zero-order chi connectivity index (χ0) is 20.7. The molecule has 1 fully saturated rings. The van der Waals surface area contributed by atoms with Gasteiger partial charge in [0.1, 0.15) is 36.6 Å². The van der Waals surface area contributed by atoms with Crippen molar-refractivity contribution >= 4 is 17.8 Å². The van der Waals surface area contributed by atoms with Crippen molar-refractivity contribution in [3.8, 4) is 22.9 Å². The van der Waals surface area contributed by atoms with E-state index in [2.05, 4.69) is 9.72 Å². The number of ether oxygens (including phenoxy) is 3. The zero-order valence-corrected chi connectivity index (χ0v) is 14.8. The van der Waals surface area contributed by atoms with Gasteiger partial charge in [-0.3, -0.25) is 9.36 Å². The average molecular weight is 412 g/mol. The van der Waals surface area contributed by atoms with Crippen LogP contribution < -0.4 is 20.1 Å². The highest BCUT2D eigenvalue weighted by Crippen LogP contribution is 2.38. The Morgan fingerprint density at radius 3 is 2.90 bits per heavy atom. The molecule has 29 heavy (non-hydrogen) atoms. The second kappa shape index (κ2) is 7.18. The van der Waals surface area contributed by atoms with Gasteiger partial charge in [0, 0.05) is 6.07 Å². The smallest absolute Gasteiger partial charge is 0.416 e. The highest BCUT2D eigenvalue weighted by molar-refractivity contribution is 5.90. The molecule has 2 aromatic rings. The van der Waals surface area contributed by atoms with Gasteiger partial charge in [-0.05, 0) is 12.1 Å². The summed E-state index contributed by atoms with van der Waals surface area (Å²) in [6.07, 6.45) is -4.02. The third-order valence-electron chi connectivity index (χ3n) is 4.46. The lowest BCUT2D eigenvalue weighted by molar-refractivity contribution is -0.119. The number of rotatable bonds is 5. The average Bonchev–Trinajstić information content (AvgIpc) is 3.14. The number of alkyl halides is 2. The number of primary amides is 1. The molecule has 9 nitrogen and oxygen atoms in total. The number of carbonyl (C=O) groups excluding carboxylic acids is 2. The number of nitrogens with zero attached hydrogens (tertiary/aromatic N) is 3. The number of aromatic nitrogens is 2. The molecule has 2 aliphatic heterocycles. The Kier molecular flexibility index (Phi) is 4.68. The molecule has 2 N–H and O–H groups in total. The largest absolute Gasteiger partial charge is 0.491 e. The first-order valence-corrected chi connectivity index (χ1v) is 8.55. The Bertz CT molecular complexity index is 980. The number of imidazole rings is 1. The Hall–Kier alpha value is -3.44. The molecule has 1 saturated heterocycles. The summed E-state index contributed by atoms with van der Waals surface area (Å²) >= 11 is 0. The van der Waals surface area contributed by atoms with Crippen LogP contribution in [0.15, 0.2) is 18.2 Å². The summed E-state index contributed by atoms with van der Waals surface area (Å²) in [6, 6.07) is 2.87. The zero-order valence-electron chi connectivity index (χ0n) is 14.8. The summed E-state index contributed by atoms with van der Waals surface area (Å²) in [6.45, 7) is -0.812. The van der Waals surface area contributed by atoms with Crippen LogP contribution in [0.2, 0.25) is 0 Å². The molecule has 0 saturated carbocycles. The van der Waals surface area contributed by atoms with E-state index >= 15 is 4.39 Å². The summed E-state index contributed by atoms with van der Waals surface area (Å²) < 4.78 is 58.1. The molecule has 154 valence electrons. The van der Waals surface area contributed by atoms with Crippen LogP contribution in [0.5, 0.6) is 11.5 Å². The van der Waals surface area contributed by atoms with Crippen molar-refractivity contribution in [1.82, 2.24) is 9.55 Å². The van der Waals surface area contributed by atoms with Crippen molar-refractivity contribution in [1.29, 1.82) is 0 Å². The number of halogens is 3. The Balaban J connectivity index is 1.74. The summed E-state index contributed by atoms with van der Waals surface area (Å²) in [5.74, 6) is -1.46. The molecule has 0 radical (unpaired) electrons. The highest BCUT2D eigenvalue weighted by Gasteiger charge is 2.44. The SMILES string of the molecule is NC(=O)COc1ccc2c(c1)OCCn1c-2nc(N2C(=O)OCC2C(F)F)c1F. The molecule has 1 unspecified atom stereocenters. The van der Waals surface area contributed by atoms with Crippen LogP contribution in [0.3, 0.4) is 0 Å². The lowest BCUT2D eigenvalue weighted by Crippen LogP contribution is -2.39. The number of fused-ring (bicyclic) bond motifs is 3. The van der Waals surface area contributed by atoms with Gasteiger partial charge < -0.3 is 19.9 Å². The lowest BCUT2D eigenvalue weighted by atomic mass is 10.2. The van der Waals surface area contributed by atoms with Crippen LogP contribution in [0, 0.1) is 5.95 Å². The minimum absolute atomic E-state index is 0.0303. The summed E-state index contributed by atoms with van der Waals surface area (Å²) in [7, 11) is 0.